The van der Waals surface area contributed by atoms with Gasteiger partial charge in [-0.15, -0.1) is 0 Å². The van der Waals surface area contributed by atoms with E-state index in [0.717, 1.165) is 51.4 Å². The summed E-state index contributed by atoms with van der Waals surface area (Å²) in [7, 11) is 0. The molecule has 0 radical (unpaired) electrons. The predicted molar refractivity (Wildman–Crippen MR) is 89.0 cm³/mol. The van der Waals surface area contributed by atoms with Crippen LogP contribution in [-0.2, 0) is 9.59 Å². The maximum atomic E-state index is 10.3. The maximum Gasteiger partial charge on any atom is 0.303 e. The number of aliphatic carboxylic acids is 2. The minimum absolute atomic E-state index is 0.268. The van der Waals surface area contributed by atoms with Gasteiger partial charge in [0.15, 0.2) is 0 Å². The Hall–Kier alpha value is -1.58. The van der Waals surface area contributed by atoms with E-state index in [-0.39, 0.29) is 6.42 Å². The molecule has 0 aromatic carbocycles. The van der Waals surface area contributed by atoms with E-state index in [0.29, 0.717) is 6.42 Å². The van der Waals surface area contributed by atoms with Gasteiger partial charge >= 0.3 is 11.9 Å². The third-order valence-electron chi connectivity index (χ3n) is 3.38. The summed E-state index contributed by atoms with van der Waals surface area (Å²) < 4.78 is 0. The van der Waals surface area contributed by atoms with Crippen LogP contribution in [0.15, 0.2) is 24.3 Å². The topological polar surface area (TPSA) is 74.6 Å². The monoisotopic (exact) mass is 310 g/mol. The van der Waals surface area contributed by atoms with Crippen LogP contribution in [0.1, 0.15) is 77.0 Å². The summed E-state index contributed by atoms with van der Waals surface area (Å²) >= 11 is 0. The number of hydrogen-bond acceptors (Lipinski definition) is 2. The predicted octanol–water partition coefficient (Wildman–Crippen LogP) is 4.95. The highest BCUT2D eigenvalue weighted by Gasteiger charge is 1.96. The fourth-order valence-corrected chi connectivity index (χ4v) is 2.11. The highest BCUT2D eigenvalue weighted by Crippen LogP contribution is 2.08. The largest absolute Gasteiger partial charge is 0.481 e. The van der Waals surface area contributed by atoms with Crippen molar-refractivity contribution < 1.29 is 19.8 Å². The van der Waals surface area contributed by atoms with E-state index in [1.165, 1.54) is 12.8 Å². The number of carboxylic acids is 2. The first kappa shape index (κ1) is 20.4. The van der Waals surface area contributed by atoms with Crippen molar-refractivity contribution in [1.82, 2.24) is 0 Å². The van der Waals surface area contributed by atoms with Crippen molar-refractivity contribution in [2.45, 2.75) is 77.0 Å². The Bertz CT molecular complexity index is 345. The molecule has 4 nitrogen and oxygen atoms in total. The molecule has 0 fully saturated rings. The molecular weight excluding hydrogens is 280 g/mol. The average Bonchev–Trinajstić information content (AvgIpc) is 2.46. The van der Waals surface area contributed by atoms with Crippen LogP contribution in [0, 0.1) is 0 Å². The van der Waals surface area contributed by atoms with Crippen molar-refractivity contribution in [2.75, 3.05) is 0 Å². The fourth-order valence-electron chi connectivity index (χ4n) is 2.11. The molecule has 0 bridgehead atoms. The lowest BCUT2D eigenvalue weighted by Crippen LogP contribution is -1.93. The normalized spacial score (nSPS) is 11.5. The smallest absolute Gasteiger partial charge is 0.303 e. The molecule has 22 heavy (non-hydrogen) atoms. The number of rotatable bonds is 15. The highest BCUT2D eigenvalue weighted by molar-refractivity contribution is 5.66. The summed E-state index contributed by atoms with van der Waals surface area (Å²) in [5, 5.41) is 17.0. The number of carboxylic acid groups (broad SMARTS) is 2. The van der Waals surface area contributed by atoms with Gasteiger partial charge in [-0.3, -0.25) is 9.59 Å². The lowest BCUT2D eigenvalue weighted by molar-refractivity contribution is -0.138. The molecule has 0 rings (SSSR count). The molecule has 4 heteroatoms. The maximum absolute atomic E-state index is 10.3. The summed E-state index contributed by atoms with van der Waals surface area (Å²) in [5.74, 6) is -1.41. The van der Waals surface area contributed by atoms with Crippen molar-refractivity contribution >= 4 is 11.9 Å². The lowest BCUT2D eigenvalue weighted by Gasteiger charge is -1.98. The fraction of sp³-hybridized carbons (Fsp3) is 0.667. The molecule has 0 amide bonds. The summed E-state index contributed by atoms with van der Waals surface area (Å²) in [6.07, 6.45) is 19.1. The van der Waals surface area contributed by atoms with Gasteiger partial charge in [0.05, 0.1) is 0 Å². The third-order valence-corrected chi connectivity index (χ3v) is 3.38. The Morgan fingerprint density at radius 1 is 0.591 bits per heavy atom. The van der Waals surface area contributed by atoms with E-state index >= 15 is 0 Å². The van der Waals surface area contributed by atoms with Crippen LogP contribution in [0.3, 0.4) is 0 Å². The zero-order valence-corrected chi connectivity index (χ0v) is 13.5. The van der Waals surface area contributed by atoms with Crippen LogP contribution < -0.4 is 0 Å². The van der Waals surface area contributed by atoms with Gasteiger partial charge in [-0.1, -0.05) is 43.6 Å². The quantitative estimate of drug-likeness (QED) is 0.331. The number of unbranched alkanes of at least 4 members (excludes halogenated alkanes) is 7. The van der Waals surface area contributed by atoms with E-state index in [2.05, 4.69) is 24.3 Å². The standard InChI is InChI=1S/C18H30O4/c19-17(20)15-13-11-9-7-5-3-1-2-4-6-8-10-12-14-16-18(21)22/h1-2,5,7H,3-4,6,8-16H2,(H,19,20)(H,21,22)/b2-1+,7-5+. The van der Waals surface area contributed by atoms with Crippen LogP contribution in [0.4, 0.5) is 0 Å². The summed E-state index contributed by atoms with van der Waals surface area (Å²) in [5.41, 5.74) is 0. The molecule has 126 valence electrons. The van der Waals surface area contributed by atoms with E-state index < -0.39 is 11.9 Å². The van der Waals surface area contributed by atoms with Gasteiger partial charge in [-0.05, 0) is 44.9 Å². The number of hydrogen-bond donors (Lipinski definition) is 2. The minimum Gasteiger partial charge on any atom is -0.481 e. The first-order chi connectivity index (χ1) is 10.6. The minimum atomic E-state index is -0.714. The Labute approximate surface area is 133 Å². The van der Waals surface area contributed by atoms with E-state index in [1.54, 1.807) is 0 Å². The van der Waals surface area contributed by atoms with Crippen molar-refractivity contribution in [1.29, 1.82) is 0 Å². The molecule has 0 atom stereocenters. The third kappa shape index (κ3) is 18.4. The van der Waals surface area contributed by atoms with E-state index in [9.17, 15) is 9.59 Å². The van der Waals surface area contributed by atoms with Crippen LogP contribution >= 0.6 is 0 Å². The van der Waals surface area contributed by atoms with Crippen LogP contribution in [-0.4, -0.2) is 22.2 Å². The number of carbonyl (C=O) groups is 2. The molecule has 0 spiro atoms. The summed E-state index contributed by atoms with van der Waals surface area (Å²) in [4.78, 5) is 20.6. The molecule has 0 heterocycles. The second kappa shape index (κ2) is 15.8. The highest BCUT2D eigenvalue weighted by atomic mass is 16.4. The van der Waals surface area contributed by atoms with Gasteiger partial charge in [-0.2, -0.15) is 0 Å². The van der Waals surface area contributed by atoms with Crippen molar-refractivity contribution in [3.8, 4) is 0 Å². The molecule has 0 aliphatic carbocycles. The Balaban J connectivity index is 3.23. The second-order valence-corrected chi connectivity index (χ2v) is 5.52. The molecule has 0 aromatic rings. The number of allylic oxidation sites excluding steroid dienone is 4. The molecule has 2 N–H and O–H groups in total. The van der Waals surface area contributed by atoms with Gasteiger partial charge < -0.3 is 10.2 Å². The van der Waals surface area contributed by atoms with Crippen molar-refractivity contribution in [2.24, 2.45) is 0 Å². The van der Waals surface area contributed by atoms with E-state index in [4.69, 9.17) is 10.2 Å². The summed E-state index contributed by atoms with van der Waals surface area (Å²) in [6, 6.07) is 0. The molecule has 0 aliphatic rings. The molecule has 0 unspecified atom stereocenters. The van der Waals surface area contributed by atoms with Gasteiger partial charge in [0.2, 0.25) is 0 Å². The molecule has 0 aromatic heterocycles. The molecule has 0 saturated heterocycles. The molecular formula is C18H30O4. The average molecular weight is 310 g/mol. The van der Waals surface area contributed by atoms with Gasteiger partial charge in [-0.25, -0.2) is 0 Å². The lowest BCUT2D eigenvalue weighted by atomic mass is 10.1. The summed E-state index contributed by atoms with van der Waals surface area (Å²) in [6.45, 7) is 0. The second-order valence-electron chi connectivity index (χ2n) is 5.52. The van der Waals surface area contributed by atoms with E-state index in [1.807, 2.05) is 0 Å². The Morgan fingerprint density at radius 3 is 1.55 bits per heavy atom. The molecule has 0 aliphatic heterocycles. The van der Waals surface area contributed by atoms with Crippen molar-refractivity contribution in [3.05, 3.63) is 24.3 Å². The van der Waals surface area contributed by atoms with Crippen molar-refractivity contribution in [3.63, 3.8) is 0 Å². The first-order valence-corrected chi connectivity index (χ1v) is 8.36. The Morgan fingerprint density at radius 2 is 1.00 bits per heavy atom. The SMILES string of the molecule is O=C(O)CCCC/C=C/C/C=C/CCCCCCCC(=O)O. The zero-order valence-electron chi connectivity index (χ0n) is 13.5. The Kier molecular flexibility index (Phi) is 14.7. The zero-order chi connectivity index (χ0) is 16.5. The van der Waals surface area contributed by atoms with Gasteiger partial charge in [0.1, 0.15) is 0 Å². The van der Waals surface area contributed by atoms with Gasteiger partial charge in [0, 0.05) is 12.8 Å². The van der Waals surface area contributed by atoms with Crippen LogP contribution in [0.2, 0.25) is 0 Å². The van der Waals surface area contributed by atoms with Crippen LogP contribution in [0.5, 0.6) is 0 Å². The molecule has 0 saturated carbocycles. The van der Waals surface area contributed by atoms with Crippen LogP contribution in [0.25, 0.3) is 0 Å². The van der Waals surface area contributed by atoms with Gasteiger partial charge in [0.25, 0.3) is 0 Å². The first-order valence-electron chi connectivity index (χ1n) is 8.36.